The molecule has 2 aromatic carbocycles. The van der Waals surface area contributed by atoms with Crippen LogP contribution in [0.25, 0.3) is 0 Å². The lowest BCUT2D eigenvalue weighted by Crippen LogP contribution is -2.23. The molecule has 1 N–H and O–H groups in total. The third-order valence-electron chi connectivity index (χ3n) is 3.09. The van der Waals surface area contributed by atoms with E-state index in [1.807, 2.05) is 32.3 Å². The SMILES string of the molecule is CN(C)Cc1ccc(CNC(=O)c2ccccc2Br)cc1. The van der Waals surface area contributed by atoms with Crippen LogP contribution in [0.2, 0.25) is 0 Å². The summed E-state index contributed by atoms with van der Waals surface area (Å²) in [6.45, 7) is 1.45. The fraction of sp³-hybridized carbons (Fsp3) is 0.235. The lowest BCUT2D eigenvalue weighted by Gasteiger charge is -2.11. The van der Waals surface area contributed by atoms with Crippen LogP contribution < -0.4 is 5.32 Å². The van der Waals surface area contributed by atoms with E-state index >= 15 is 0 Å². The maximum absolute atomic E-state index is 12.1. The first-order chi connectivity index (χ1) is 10.1. The first-order valence-electron chi connectivity index (χ1n) is 6.81. The van der Waals surface area contributed by atoms with E-state index in [1.54, 1.807) is 6.07 Å². The van der Waals surface area contributed by atoms with E-state index in [9.17, 15) is 4.79 Å². The van der Waals surface area contributed by atoms with E-state index in [1.165, 1.54) is 5.56 Å². The van der Waals surface area contributed by atoms with Crippen molar-refractivity contribution in [1.82, 2.24) is 10.2 Å². The van der Waals surface area contributed by atoms with Gasteiger partial charge < -0.3 is 10.2 Å². The number of nitrogens with zero attached hydrogens (tertiary/aromatic N) is 1. The Bertz CT molecular complexity index is 608. The van der Waals surface area contributed by atoms with Crippen molar-refractivity contribution in [2.45, 2.75) is 13.1 Å². The normalized spacial score (nSPS) is 10.7. The van der Waals surface area contributed by atoms with Gasteiger partial charge in [0.05, 0.1) is 5.56 Å². The Morgan fingerprint density at radius 1 is 1.05 bits per heavy atom. The Morgan fingerprint density at radius 2 is 1.67 bits per heavy atom. The molecule has 110 valence electrons. The molecule has 0 saturated carbocycles. The topological polar surface area (TPSA) is 32.3 Å². The van der Waals surface area contributed by atoms with Gasteiger partial charge in [-0.15, -0.1) is 0 Å². The average molecular weight is 347 g/mol. The van der Waals surface area contributed by atoms with Crippen LogP contribution in [0.3, 0.4) is 0 Å². The van der Waals surface area contributed by atoms with Crippen LogP contribution in [-0.4, -0.2) is 24.9 Å². The minimum Gasteiger partial charge on any atom is -0.348 e. The molecular formula is C17H19BrN2O. The zero-order chi connectivity index (χ0) is 15.2. The van der Waals surface area contributed by atoms with Crippen molar-refractivity contribution in [3.8, 4) is 0 Å². The minimum absolute atomic E-state index is 0.0696. The van der Waals surface area contributed by atoms with Gasteiger partial charge in [-0.25, -0.2) is 0 Å². The molecule has 0 atom stereocenters. The second kappa shape index (κ2) is 7.38. The molecule has 0 aromatic heterocycles. The molecule has 0 aliphatic carbocycles. The summed E-state index contributed by atoms with van der Waals surface area (Å²) < 4.78 is 0.809. The molecule has 2 aromatic rings. The molecule has 3 nitrogen and oxygen atoms in total. The van der Waals surface area contributed by atoms with Crippen molar-refractivity contribution in [1.29, 1.82) is 0 Å². The Morgan fingerprint density at radius 3 is 2.29 bits per heavy atom. The second-order valence-corrected chi connectivity index (χ2v) is 6.07. The van der Waals surface area contributed by atoms with E-state index < -0.39 is 0 Å². The van der Waals surface area contributed by atoms with Gasteiger partial charge in [0, 0.05) is 17.6 Å². The maximum Gasteiger partial charge on any atom is 0.252 e. The molecule has 1 amide bonds. The Kier molecular flexibility index (Phi) is 5.53. The lowest BCUT2D eigenvalue weighted by molar-refractivity contribution is 0.0950. The second-order valence-electron chi connectivity index (χ2n) is 5.22. The van der Waals surface area contributed by atoms with Gasteiger partial charge in [-0.1, -0.05) is 36.4 Å². The number of hydrogen-bond donors (Lipinski definition) is 1. The van der Waals surface area contributed by atoms with E-state index in [4.69, 9.17) is 0 Å². The van der Waals surface area contributed by atoms with Crippen molar-refractivity contribution in [2.75, 3.05) is 14.1 Å². The molecule has 0 heterocycles. The summed E-state index contributed by atoms with van der Waals surface area (Å²) in [5.41, 5.74) is 3.01. The van der Waals surface area contributed by atoms with Gasteiger partial charge in [0.2, 0.25) is 0 Å². The molecule has 0 aliphatic heterocycles. The fourth-order valence-electron chi connectivity index (χ4n) is 2.05. The first kappa shape index (κ1) is 15.7. The van der Waals surface area contributed by atoms with Crippen LogP contribution in [0.15, 0.2) is 53.0 Å². The number of amides is 1. The van der Waals surface area contributed by atoms with E-state index in [0.29, 0.717) is 12.1 Å². The van der Waals surface area contributed by atoms with E-state index in [-0.39, 0.29) is 5.91 Å². The summed E-state index contributed by atoms with van der Waals surface area (Å²) in [5.74, 6) is -0.0696. The molecule has 0 spiro atoms. The number of hydrogen-bond acceptors (Lipinski definition) is 2. The number of rotatable bonds is 5. The number of nitrogens with one attached hydrogen (secondary N) is 1. The summed E-state index contributed by atoms with van der Waals surface area (Å²) in [4.78, 5) is 14.2. The summed E-state index contributed by atoms with van der Waals surface area (Å²) in [7, 11) is 4.09. The van der Waals surface area contributed by atoms with Crippen LogP contribution in [0, 0.1) is 0 Å². The van der Waals surface area contributed by atoms with Crippen molar-refractivity contribution >= 4 is 21.8 Å². The molecule has 0 aliphatic rings. The smallest absolute Gasteiger partial charge is 0.252 e. The van der Waals surface area contributed by atoms with Gasteiger partial charge in [0.1, 0.15) is 0 Å². The Hall–Kier alpha value is -1.65. The van der Waals surface area contributed by atoms with Crippen molar-refractivity contribution in [2.24, 2.45) is 0 Å². The Balaban J connectivity index is 1.94. The first-order valence-corrected chi connectivity index (χ1v) is 7.61. The highest BCUT2D eigenvalue weighted by atomic mass is 79.9. The summed E-state index contributed by atoms with van der Waals surface area (Å²) in [5, 5.41) is 2.94. The number of halogens is 1. The van der Waals surface area contributed by atoms with Crippen LogP contribution >= 0.6 is 15.9 Å². The number of carbonyl (C=O) groups is 1. The van der Waals surface area contributed by atoms with Gasteiger partial charge in [-0.2, -0.15) is 0 Å². The zero-order valence-electron chi connectivity index (χ0n) is 12.3. The van der Waals surface area contributed by atoms with Gasteiger partial charge in [-0.3, -0.25) is 4.79 Å². The van der Waals surface area contributed by atoms with Crippen LogP contribution in [0.4, 0.5) is 0 Å². The van der Waals surface area contributed by atoms with E-state index in [2.05, 4.69) is 50.4 Å². The van der Waals surface area contributed by atoms with Crippen LogP contribution in [-0.2, 0) is 13.1 Å². The zero-order valence-corrected chi connectivity index (χ0v) is 13.9. The van der Waals surface area contributed by atoms with Gasteiger partial charge in [0.25, 0.3) is 5.91 Å². The van der Waals surface area contributed by atoms with Gasteiger partial charge >= 0.3 is 0 Å². The lowest BCUT2D eigenvalue weighted by atomic mass is 10.1. The molecule has 0 fully saturated rings. The molecule has 2 rings (SSSR count). The van der Waals surface area contributed by atoms with Gasteiger partial charge in [0.15, 0.2) is 0 Å². The third kappa shape index (κ3) is 4.69. The van der Waals surface area contributed by atoms with Crippen molar-refractivity contribution in [3.63, 3.8) is 0 Å². The average Bonchev–Trinajstić information content (AvgIpc) is 2.46. The van der Waals surface area contributed by atoms with Crippen LogP contribution in [0.5, 0.6) is 0 Å². The Labute approximate surface area is 134 Å². The van der Waals surface area contributed by atoms with Crippen molar-refractivity contribution < 1.29 is 4.79 Å². The van der Waals surface area contributed by atoms with E-state index in [0.717, 1.165) is 16.6 Å². The molecule has 4 heteroatoms. The largest absolute Gasteiger partial charge is 0.348 e. The molecule has 0 radical (unpaired) electrons. The highest BCUT2D eigenvalue weighted by Crippen LogP contribution is 2.15. The number of carbonyl (C=O) groups excluding carboxylic acids is 1. The molecular weight excluding hydrogens is 328 g/mol. The molecule has 0 bridgehead atoms. The predicted molar refractivity (Wildman–Crippen MR) is 89.1 cm³/mol. The van der Waals surface area contributed by atoms with Crippen molar-refractivity contribution in [3.05, 3.63) is 69.7 Å². The predicted octanol–water partition coefficient (Wildman–Crippen LogP) is 3.44. The highest BCUT2D eigenvalue weighted by Gasteiger charge is 2.08. The number of benzene rings is 2. The monoisotopic (exact) mass is 346 g/mol. The summed E-state index contributed by atoms with van der Waals surface area (Å²) in [6.07, 6.45) is 0. The van der Waals surface area contributed by atoms with Crippen LogP contribution in [0.1, 0.15) is 21.5 Å². The fourth-order valence-corrected chi connectivity index (χ4v) is 2.52. The highest BCUT2D eigenvalue weighted by molar-refractivity contribution is 9.10. The van der Waals surface area contributed by atoms with Gasteiger partial charge in [-0.05, 0) is 53.3 Å². The summed E-state index contributed by atoms with van der Waals surface area (Å²) >= 11 is 3.39. The maximum atomic E-state index is 12.1. The third-order valence-corrected chi connectivity index (χ3v) is 3.78. The quantitative estimate of drug-likeness (QED) is 0.899. The molecule has 0 unspecified atom stereocenters. The molecule has 21 heavy (non-hydrogen) atoms. The summed E-state index contributed by atoms with van der Waals surface area (Å²) in [6, 6.07) is 15.7. The minimum atomic E-state index is -0.0696. The standard InChI is InChI=1S/C17H19BrN2O/c1-20(2)12-14-9-7-13(8-10-14)11-19-17(21)15-5-3-4-6-16(15)18/h3-10H,11-12H2,1-2H3,(H,19,21). The molecule has 0 saturated heterocycles.